The zero-order valence-corrected chi connectivity index (χ0v) is 16.4. The Morgan fingerprint density at radius 1 is 1.17 bits per heavy atom. The number of esters is 1. The van der Waals surface area contributed by atoms with Crippen LogP contribution in [0.5, 0.6) is 5.75 Å². The molecule has 1 rings (SSSR count). The number of aromatic hydroxyl groups is 1. The normalized spacial score (nSPS) is 13.2. The van der Waals surface area contributed by atoms with Crippen molar-refractivity contribution in [2.75, 3.05) is 6.61 Å². The molecule has 1 atom stereocenters. The molecule has 0 saturated carbocycles. The van der Waals surface area contributed by atoms with Gasteiger partial charge >= 0.3 is 5.97 Å². The molecular weight excluding hydrogens is 300 g/mol. The van der Waals surface area contributed by atoms with E-state index >= 15 is 0 Å². The summed E-state index contributed by atoms with van der Waals surface area (Å²) in [6.45, 7) is 14.8. The van der Waals surface area contributed by atoms with E-state index in [0.29, 0.717) is 18.3 Å². The lowest BCUT2D eigenvalue weighted by Gasteiger charge is -2.24. The number of aryl methyl sites for hydroxylation is 1. The first-order chi connectivity index (χ1) is 11.0. The van der Waals surface area contributed by atoms with Crippen LogP contribution in [0.2, 0.25) is 0 Å². The minimum atomic E-state index is -0.324. The van der Waals surface area contributed by atoms with Crippen LogP contribution < -0.4 is 0 Å². The number of unbranched alkanes of at least 4 members (excludes halogenated alkanes) is 1. The maximum absolute atomic E-state index is 12.3. The van der Waals surface area contributed by atoms with Gasteiger partial charge in [-0.1, -0.05) is 53.2 Å². The Morgan fingerprint density at radius 2 is 1.79 bits per heavy atom. The number of carbonyl (C=O) groups excluding carboxylic acids is 1. The van der Waals surface area contributed by atoms with Gasteiger partial charge in [-0.05, 0) is 54.7 Å². The molecule has 3 nitrogen and oxygen atoms in total. The van der Waals surface area contributed by atoms with Gasteiger partial charge in [0.15, 0.2) is 0 Å². The van der Waals surface area contributed by atoms with Crippen molar-refractivity contribution < 1.29 is 14.6 Å². The fraction of sp³-hybridized carbons (Fsp3) is 0.667. The molecule has 1 N–H and O–H groups in total. The third-order valence-electron chi connectivity index (χ3n) is 4.40. The summed E-state index contributed by atoms with van der Waals surface area (Å²) in [6, 6.07) is 3.82. The van der Waals surface area contributed by atoms with E-state index in [-0.39, 0.29) is 17.3 Å². The average Bonchev–Trinajstić information content (AvgIpc) is 2.47. The smallest absolute Gasteiger partial charge is 0.313 e. The van der Waals surface area contributed by atoms with E-state index in [1.807, 2.05) is 26.0 Å². The lowest BCUT2D eigenvalue weighted by molar-refractivity contribution is -0.145. The highest BCUT2D eigenvalue weighted by Gasteiger charge is 2.24. The van der Waals surface area contributed by atoms with Crippen molar-refractivity contribution in [3.8, 4) is 5.75 Å². The molecule has 0 aliphatic carbocycles. The lowest BCUT2D eigenvalue weighted by atomic mass is 9.82. The Hall–Kier alpha value is -1.51. The quantitative estimate of drug-likeness (QED) is 0.531. The predicted molar refractivity (Wildman–Crippen MR) is 99.6 cm³/mol. The summed E-state index contributed by atoms with van der Waals surface area (Å²) < 4.78 is 5.43. The Morgan fingerprint density at radius 3 is 2.33 bits per heavy atom. The lowest BCUT2D eigenvalue weighted by Crippen LogP contribution is -2.17. The molecule has 0 spiro atoms. The highest BCUT2D eigenvalue weighted by molar-refractivity contribution is 5.78. The Labute approximate surface area is 147 Å². The maximum atomic E-state index is 12.3. The van der Waals surface area contributed by atoms with Crippen LogP contribution in [0.15, 0.2) is 12.1 Å². The third kappa shape index (κ3) is 5.85. The zero-order valence-electron chi connectivity index (χ0n) is 16.4. The molecule has 1 aromatic rings. The molecule has 24 heavy (non-hydrogen) atoms. The minimum Gasteiger partial charge on any atom is -0.507 e. The number of carbonyl (C=O) groups is 1. The van der Waals surface area contributed by atoms with Crippen molar-refractivity contribution in [3.63, 3.8) is 0 Å². The molecule has 1 aromatic carbocycles. The molecule has 0 amide bonds. The molecule has 0 saturated heterocycles. The molecule has 0 bridgehead atoms. The topological polar surface area (TPSA) is 46.5 Å². The van der Waals surface area contributed by atoms with Crippen LogP contribution in [0.1, 0.15) is 83.4 Å². The van der Waals surface area contributed by atoms with Crippen LogP contribution in [0.4, 0.5) is 0 Å². The van der Waals surface area contributed by atoms with Crippen molar-refractivity contribution >= 4 is 5.97 Å². The van der Waals surface area contributed by atoms with Gasteiger partial charge in [-0.2, -0.15) is 0 Å². The van der Waals surface area contributed by atoms with Crippen molar-refractivity contribution in [1.82, 2.24) is 0 Å². The first kappa shape index (κ1) is 20.5. The summed E-state index contributed by atoms with van der Waals surface area (Å²) in [4.78, 5) is 12.3. The molecule has 3 heteroatoms. The van der Waals surface area contributed by atoms with Gasteiger partial charge in [0.2, 0.25) is 0 Å². The fourth-order valence-corrected chi connectivity index (χ4v) is 2.72. The van der Waals surface area contributed by atoms with Gasteiger partial charge < -0.3 is 9.84 Å². The van der Waals surface area contributed by atoms with Gasteiger partial charge in [0.25, 0.3) is 0 Å². The molecule has 0 radical (unpaired) electrons. The molecule has 0 heterocycles. The highest BCUT2D eigenvalue weighted by atomic mass is 16.5. The van der Waals surface area contributed by atoms with Gasteiger partial charge in [-0.3, -0.25) is 4.79 Å². The van der Waals surface area contributed by atoms with Crippen LogP contribution >= 0.6 is 0 Å². The number of benzene rings is 1. The van der Waals surface area contributed by atoms with Crippen molar-refractivity contribution in [3.05, 3.63) is 28.8 Å². The van der Waals surface area contributed by atoms with Crippen LogP contribution in [0.25, 0.3) is 0 Å². The van der Waals surface area contributed by atoms with E-state index in [1.165, 1.54) is 6.42 Å². The van der Waals surface area contributed by atoms with Gasteiger partial charge in [0.05, 0.1) is 12.5 Å². The molecule has 0 fully saturated rings. The second kappa shape index (κ2) is 8.55. The van der Waals surface area contributed by atoms with Gasteiger partial charge in [-0.15, -0.1) is 0 Å². The fourth-order valence-electron chi connectivity index (χ4n) is 2.72. The second-order valence-corrected chi connectivity index (χ2v) is 8.26. The van der Waals surface area contributed by atoms with Crippen molar-refractivity contribution in [1.29, 1.82) is 0 Å². The number of rotatable bonds is 7. The first-order valence-corrected chi connectivity index (χ1v) is 9.04. The van der Waals surface area contributed by atoms with Gasteiger partial charge in [0.1, 0.15) is 5.75 Å². The Bertz CT molecular complexity index is 553. The van der Waals surface area contributed by atoms with E-state index in [9.17, 15) is 9.90 Å². The third-order valence-corrected chi connectivity index (χ3v) is 4.40. The summed E-state index contributed by atoms with van der Waals surface area (Å²) in [6.07, 6.45) is 3.17. The molecule has 0 aromatic heterocycles. The highest BCUT2D eigenvalue weighted by Crippen LogP contribution is 2.36. The predicted octanol–water partition coefficient (Wildman–Crippen LogP) is 5.47. The largest absolute Gasteiger partial charge is 0.507 e. The molecule has 0 aliphatic heterocycles. The maximum Gasteiger partial charge on any atom is 0.313 e. The van der Waals surface area contributed by atoms with Crippen LogP contribution in [0.3, 0.4) is 0 Å². The zero-order chi connectivity index (χ0) is 18.5. The standard InChI is InChI=1S/C21H34O3/c1-14(2)10-8-9-11-24-20(23)16(4)17-12-15(3)19(22)18(13-17)21(5,6)7/h12-14,16,22H,8-11H2,1-7H3. The second-order valence-electron chi connectivity index (χ2n) is 8.26. The van der Waals surface area contributed by atoms with E-state index < -0.39 is 0 Å². The number of hydrogen-bond donors (Lipinski definition) is 1. The summed E-state index contributed by atoms with van der Waals surface area (Å²) >= 11 is 0. The number of ether oxygens (including phenoxy) is 1. The van der Waals surface area contributed by atoms with E-state index in [4.69, 9.17) is 4.74 Å². The number of phenols is 1. The average molecular weight is 335 g/mol. The minimum absolute atomic E-state index is 0.175. The molecule has 1 unspecified atom stereocenters. The summed E-state index contributed by atoms with van der Waals surface area (Å²) in [5.41, 5.74) is 2.40. The van der Waals surface area contributed by atoms with E-state index in [0.717, 1.165) is 29.5 Å². The molecular formula is C21H34O3. The number of phenolic OH excluding ortho intramolecular Hbond substituents is 1. The summed E-state index contributed by atoms with van der Waals surface area (Å²) in [5, 5.41) is 10.3. The summed E-state index contributed by atoms with van der Waals surface area (Å²) in [7, 11) is 0. The van der Waals surface area contributed by atoms with Crippen LogP contribution in [-0.4, -0.2) is 17.7 Å². The van der Waals surface area contributed by atoms with E-state index in [2.05, 4.69) is 34.6 Å². The monoisotopic (exact) mass is 334 g/mol. The SMILES string of the molecule is Cc1cc(C(C)C(=O)OCCCCC(C)C)cc(C(C)(C)C)c1O. The van der Waals surface area contributed by atoms with Crippen molar-refractivity contribution in [2.24, 2.45) is 5.92 Å². The number of hydrogen-bond acceptors (Lipinski definition) is 3. The van der Waals surface area contributed by atoms with Crippen LogP contribution in [0, 0.1) is 12.8 Å². The van der Waals surface area contributed by atoms with Crippen LogP contribution in [-0.2, 0) is 14.9 Å². The summed E-state index contributed by atoms with van der Waals surface area (Å²) in [5.74, 6) is 0.496. The van der Waals surface area contributed by atoms with Gasteiger partial charge in [0, 0.05) is 0 Å². The first-order valence-electron chi connectivity index (χ1n) is 9.04. The molecule has 136 valence electrons. The Balaban J connectivity index is 2.75. The van der Waals surface area contributed by atoms with E-state index in [1.54, 1.807) is 0 Å². The van der Waals surface area contributed by atoms with Gasteiger partial charge in [-0.25, -0.2) is 0 Å². The van der Waals surface area contributed by atoms with Crippen molar-refractivity contribution in [2.45, 2.75) is 79.1 Å². The Kier molecular flexibility index (Phi) is 7.31. The molecule has 0 aliphatic rings.